The maximum Gasteiger partial charge on any atom is 0.343 e. The molecule has 2 N–H and O–H groups in total. The van der Waals surface area contributed by atoms with Gasteiger partial charge in [0.05, 0.1) is 12.6 Å². The summed E-state index contributed by atoms with van der Waals surface area (Å²) >= 11 is 11.9. The lowest BCUT2D eigenvalue weighted by molar-refractivity contribution is -0.389. The smallest absolute Gasteiger partial charge is 0.343 e. The molecule has 128 valence electrons. The number of aromatic amines is 1. The predicted octanol–water partition coefficient (Wildman–Crippen LogP) is 2.52. The summed E-state index contributed by atoms with van der Waals surface area (Å²) in [5.74, 6) is -1.03. The van der Waals surface area contributed by atoms with Gasteiger partial charge in [-0.25, -0.2) is 9.67 Å². The molecule has 0 spiro atoms. The van der Waals surface area contributed by atoms with E-state index in [2.05, 4.69) is 25.6 Å². The van der Waals surface area contributed by atoms with Crippen LogP contribution in [0.25, 0.3) is 0 Å². The Bertz CT molecular complexity index is 953. The number of carbonyl (C=O) groups is 1. The van der Waals surface area contributed by atoms with E-state index in [4.69, 9.17) is 23.2 Å². The number of halogens is 2. The van der Waals surface area contributed by atoms with Gasteiger partial charge in [0, 0.05) is 10.0 Å². The zero-order valence-electron chi connectivity index (χ0n) is 12.3. The Balaban J connectivity index is 1.68. The summed E-state index contributed by atoms with van der Waals surface area (Å²) in [6.07, 6.45) is 1.41. The number of carbonyl (C=O) groups excluding carboxylic acids is 1. The number of anilines is 1. The first-order valence-corrected chi connectivity index (χ1v) is 7.52. The summed E-state index contributed by atoms with van der Waals surface area (Å²) in [5.41, 5.74) is 0.626. The van der Waals surface area contributed by atoms with Crippen molar-refractivity contribution in [3.8, 4) is 0 Å². The Morgan fingerprint density at radius 1 is 1.36 bits per heavy atom. The minimum atomic E-state index is -0.688. The fraction of sp³-hybridized carbons (Fsp3) is 0.0769. The third-order valence-corrected chi connectivity index (χ3v) is 3.69. The van der Waals surface area contributed by atoms with E-state index in [-0.39, 0.29) is 17.5 Å². The quantitative estimate of drug-likeness (QED) is 0.515. The van der Waals surface area contributed by atoms with Crippen LogP contribution in [0.3, 0.4) is 0 Å². The van der Waals surface area contributed by atoms with Crippen molar-refractivity contribution in [3.63, 3.8) is 0 Å². The highest BCUT2D eigenvalue weighted by Gasteiger charge is 2.17. The van der Waals surface area contributed by atoms with Gasteiger partial charge < -0.3 is 10.1 Å². The number of rotatable bonds is 5. The molecule has 0 fully saturated rings. The number of nitrogens with one attached hydrogen (secondary N) is 2. The van der Waals surface area contributed by atoms with Gasteiger partial charge in [0.15, 0.2) is 5.69 Å². The zero-order chi connectivity index (χ0) is 18.0. The molecule has 0 bridgehead atoms. The molecule has 0 unspecified atom stereocenters. The molecule has 0 radical (unpaired) electrons. The lowest BCUT2D eigenvalue weighted by Crippen LogP contribution is -2.14. The van der Waals surface area contributed by atoms with Crippen molar-refractivity contribution in [2.45, 2.75) is 6.54 Å². The van der Waals surface area contributed by atoms with E-state index in [1.807, 2.05) is 0 Å². The summed E-state index contributed by atoms with van der Waals surface area (Å²) in [7, 11) is 0. The average molecular weight is 382 g/mol. The number of nitro groups is 1. The normalized spacial score (nSPS) is 10.6. The van der Waals surface area contributed by atoms with E-state index in [1.54, 1.807) is 18.2 Å². The summed E-state index contributed by atoms with van der Waals surface area (Å²) in [6, 6.07) is 6.09. The third-order valence-electron chi connectivity index (χ3n) is 3.10. The number of hydrogen-bond acceptors (Lipinski definition) is 6. The van der Waals surface area contributed by atoms with Gasteiger partial charge in [-0.05, 0) is 22.6 Å². The van der Waals surface area contributed by atoms with Crippen LogP contribution in [-0.4, -0.2) is 35.8 Å². The summed E-state index contributed by atoms with van der Waals surface area (Å²) in [6.45, 7) is 0.326. The van der Waals surface area contributed by atoms with Crippen LogP contribution in [-0.2, 0) is 6.54 Å². The van der Waals surface area contributed by atoms with Crippen LogP contribution in [0.4, 0.5) is 11.8 Å². The Labute approximate surface area is 149 Å². The second kappa shape index (κ2) is 6.87. The molecule has 3 rings (SSSR count). The van der Waals surface area contributed by atoms with Gasteiger partial charge in [-0.1, -0.05) is 34.4 Å². The predicted molar refractivity (Wildman–Crippen MR) is 88.8 cm³/mol. The van der Waals surface area contributed by atoms with Gasteiger partial charge in [-0.15, -0.1) is 10.2 Å². The molecule has 25 heavy (non-hydrogen) atoms. The van der Waals surface area contributed by atoms with Gasteiger partial charge in [-0.3, -0.25) is 10.1 Å². The van der Waals surface area contributed by atoms with Crippen LogP contribution in [0, 0.1) is 10.1 Å². The van der Waals surface area contributed by atoms with Crippen molar-refractivity contribution in [2.75, 3.05) is 5.32 Å². The van der Waals surface area contributed by atoms with Crippen molar-refractivity contribution in [1.82, 2.24) is 25.0 Å². The average Bonchev–Trinajstić information content (AvgIpc) is 3.19. The number of nitrogens with zero attached hydrogens (tertiary/aromatic N) is 5. The van der Waals surface area contributed by atoms with Gasteiger partial charge in [0.25, 0.3) is 5.91 Å². The molecular weight excluding hydrogens is 373 g/mol. The third kappa shape index (κ3) is 3.92. The summed E-state index contributed by atoms with van der Waals surface area (Å²) in [4.78, 5) is 25.8. The van der Waals surface area contributed by atoms with Crippen LogP contribution in [0.1, 0.15) is 16.1 Å². The van der Waals surface area contributed by atoms with Crippen LogP contribution < -0.4 is 5.32 Å². The monoisotopic (exact) mass is 381 g/mol. The molecule has 2 aromatic heterocycles. The SMILES string of the molecule is O=C(Nc1ncn(Cc2ccc(Cl)cc2Cl)n1)c1cc([N+](=O)[O-])[nH]n1. The Morgan fingerprint density at radius 2 is 2.16 bits per heavy atom. The maximum atomic E-state index is 12.0. The largest absolute Gasteiger partial charge is 0.358 e. The van der Waals surface area contributed by atoms with E-state index in [0.29, 0.717) is 16.6 Å². The molecule has 0 saturated carbocycles. The first kappa shape index (κ1) is 16.9. The van der Waals surface area contributed by atoms with Crippen LogP contribution in [0.2, 0.25) is 10.0 Å². The van der Waals surface area contributed by atoms with E-state index in [1.165, 1.54) is 11.0 Å². The highest BCUT2D eigenvalue weighted by atomic mass is 35.5. The van der Waals surface area contributed by atoms with Crippen molar-refractivity contribution in [1.29, 1.82) is 0 Å². The van der Waals surface area contributed by atoms with Gasteiger partial charge >= 0.3 is 5.82 Å². The molecule has 1 aromatic carbocycles. The number of H-pyrrole nitrogens is 1. The Morgan fingerprint density at radius 3 is 2.84 bits per heavy atom. The van der Waals surface area contributed by atoms with E-state index < -0.39 is 10.8 Å². The van der Waals surface area contributed by atoms with Gasteiger partial charge in [0.2, 0.25) is 5.95 Å². The van der Waals surface area contributed by atoms with Crippen molar-refractivity contribution in [3.05, 3.63) is 62.0 Å². The first-order valence-electron chi connectivity index (χ1n) is 6.77. The van der Waals surface area contributed by atoms with Crippen LogP contribution >= 0.6 is 23.2 Å². The second-order valence-corrected chi connectivity index (χ2v) is 5.69. The lowest BCUT2D eigenvalue weighted by Gasteiger charge is -2.04. The molecule has 0 saturated heterocycles. The van der Waals surface area contributed by atoms with Crippen molar-refractivity contribution >= 4 is 40.9 Å². The van der Waals surface area contributed by atoms with Crippen molar-refractivity contribution < 1.29 is 9.72 Å². The number of hydrogen-bond donors (Lipinski definition) is 2. The van der Waals surface area contributed by atoms with E-state index >= 15 is 0 Å². The van der Waals surface area contributed by atoms with Crippen molar-refractivity contribution in [2.24, 2.45) is 0 Å². The topological polar surface area (TPSA) is 132 Å². The molecule has 0 atom stereocenters. The number of amides is 1. The molecule has 1 amide bonds. The molecule has 10 nitrogen and oxygen atoms in total. The number of benzene rings is 1. The first-order chi connectivity index (χ1) is 11.9. The minimum Gasteiger partial charge on any atom is -0.358 e. The van der Waals surface area contributed by atoms with Gasteiger partial charge in [0.1, 0.15) is 6.33 Å². The molecule has 0 aliphatic carbocycles. The minimum absolute atomic E-state index is 0.0285. The Hall–Kier alpha value is -2.98. The second-order valence-electron chi connectivity index (χ2n) is 4.85. The van der Waals surface area contributed by atoms with Gasteiger partial charge in [-0.2, -0.15) is 0 Å². The van der Waals surface area contributed by atoms with E-state index in [0.717, 1.165) is 11.6 Å². The molecular formula is C13H9Cl2N7O3. The lowest BCUT2D eigenvalue weighted by atomic mass is 10.2. The molecule has 2 heterocycles. The summed E-state index contributed by atoms with van der Waals surface area (Å²) in [5, 5.41) is 23.8. The highest BCUT2D eigenvalue weighted by molar-refractivity contribution is 6.35. The Kier molecular flexibility index (Phi) is 4.63. The fourth-order valence-corrected chi connectivity index (χ4v) is 2.41. The molecule has 12 heteroatoms. The zero-order valence-corrected chi connectivity index (χ0v) is 13.8. The maximum absolute atomic E-state index is 12.0. The van der Waals surface area contributed by atoms with E-state index in [9.17, 15) is 14.9 Å². The summed E-state index contributed by atoms with van der Waals surface area (Å²) < 4.78 is 1.47. The van der Waals surface area contributed by atoms with Crippen LogP contribution in [0.5, 0.6) is 0 Å². The van der Waals surface area contributed by atoms with Crippen LogP contribution in [0.15, 0.2) is 30.6 Å². The molecule has 0 aliphatic heterocycles. The molecule has 3 aromatic rings. The standard InChI is InChI=1S/C13H9Cl2N7O3/c14-8-2-1-7(9(15)3-8)5-21-6-16-13(20-21)17-12(23)10-4-11(19-18-10)22(24)25/h1-4,6H,5H2,(H,18,19)(H,17,20,23). The molecule has 0 aliphatic rings. The number of aromatic nitrogens is 5. The highest BCUT2D eigenvalue weighted by Crippen LogP contribution is 2.21. The fourth-order valence-electron chi connectivity index (χ4n) is 1.94.